The van der Waals surface area contributed by atoms with Crippen LogP contribution in [0.1, 0.15) is 47.5 Å². The molecular formula is C24H50N4O5. The lowest BCUT2D eigenvalue weighted by atomic mass is 10.1. The number of carbonyl (C=O) groups excluding carboxylic acids is 4. The number of rotatable bonds is 10. The Hall–Kier alpha value is -1.52. The summed E-state index contributed by atoms with van der Waals surface area (Å²) < 4.78 is 0. The highest BCUT2D eigenvalue weighted by Gasteiger charge is 2.19. The topological polar surface area (TPSA) is 101 Å². The van der Waals surface area contributed by atoms with Crippen LogP contribution in [0, 0.1) is 0 Å². The van der Waals surface area contributed by atoms with E-state index in [1.165, 1.54) is 0 Å². The van der Waals surface area contributed by atoms with Crippen molar-refractivity contribution in [3.8, 4) is 0 Å². The van der Waals surface area contributed by atoms with Gasteiger partial charge in [0.15, 0.2) is 0 Å². The van der Waals surface area contributed by atoms with Gasteiger partial charge in [0.1, 0.15) is 25.1 Å². The van der Waals surface area contributed by atoms with Crippen molar-refractivity contribution in [2.45, 2.75) is 53.5 Å². The predicted molar refractivity (Wildman–Crippen MR) is 135 cm³/mol. The second-order valence-corrected chi connectivity index (χ2v) is 7.03. The summed E-state index contributed by atoms with van der Waals surface area (Å²) >= 11 is 0. The Balaban J connectivity index is -0.00000138. The minimum absolute atomic E-state index is 0.265. The molecule has 9 heteroatoms. The molecule has 1 rings (SSSR count). The summed E-state index contributed by atoms with van der Waals surface area (Å²) in [7, 11) is 1.00. The lowest BCUT2D eigenvalue weighted by Gasteiger charge is -2.35. The van der Waals surface area contributed by atoms with Crippen LogP contribution in [-0.2, 0) is 19.2 Å². The highest BCUT2D eigenvalue weighted by Crippen LogP contribution is 2.08. The number of carbonyl (C=O) groups is 4. The van der Waals surface area contributed by atoms with Gasteiger partial charge in [-0.05, 0) is 13.3 Å². The van der Waals surface area contributed by atoms with Crippen molar-refractivity contribution in [1.82, 2.24) is 19.6 Å². The minimum Gasteiger partial charge on any atom is -0.400 e. The Morgan fingerprint density at radius 1 is 0.606 bits per heavy atom. The summed E-state index contributed by atoms with van der Waals surface area (Å²) in [5.74, 6) is 0. The first-order valence-corrected chi connectivity index (χ1v) is 12.2. The predicted octanol–water partition coefficient (Wildman–Crippen LogP) is 0.833. The van der Waals surface area contributed by atoms with E-state index in [1.54, 1.807) is 0 Å². The van der Waals surface area contributed by atoms with Crippen LogP contribution in [0.2, 0.25) is 0 Å². The molecule has 1 aliphatic rings. The maximum Gasteiger partial charge on any atom is 0.133 e. The van der Waals surface area contributed by atoms with Gasteiger partial charge in [-0.3, -0.25) is 19.6 Å². The molecule has 0 amide bonds. The molecule has 0 aliphatic carbocycles. The minimum atomic E-state index is 0.265. The third-order valence-corrected chi connectivity index (χ3v) is 5.20. The van der Waals surface area contributed by atoms with Crippen LogP contribution in [0.3, 0.4) is 0 Å². The number of nitrogens with zero attached hydrogens (tertiary/aromatic N) is 4. The molecule has 1 saturated heterocycles. The Labute approximate surface area is 202 Å². The first-order valence-electron chi connectivity index (χ1n) is 12.2. The largest absolute Gasteiger partial charge is 0.400 e. The summed E-state index contributed by atoms with van der Waals surface area (Å²) in [4.78, 5) is 52.3. The molecule has 0 bridgehead atoms. The summed E-state index contributed by atoms with van der Waals surface area (Å²) in [5, 5.41) is 7.00. The van der Waals surface area contributed by atoms with Crippen LogP contribution in [0.15, 0.2) is 0 Å². The second-order valence-electron chi connectivity index (χ2n) is 7.03. The summed E-state index contributed by atoms with van der Waals surface area (Å²) in [6.07, 6.45) is 5.03. The Kier molecular flexibility index (Phi) is 31.2. The number of aldehydes is 4. The third kappa shape index (κ3) is 19.6. The van der Waals surface area contributed by atoms with E-state index >= 15 is 0 Å². The fraction of sp³-hybridized carbons (Fsp3) is 0.833. The van der Waals surface area contributed by atoms with E-state index in [0.29, 0.717) is 39.1 Å². The molecule has 1 heterocycles. The first-order chi connectivity index (χ1) is 16.1. The molecule has 0 aromatic rings. The van der Waals surface area contributed by atoms with E-state index < -0.39 is 0 Å². The van der Waals surface area contributed by atoms with Gasteiger partial charge in [0.2, 0.25) is 0 Å². The van der Waals surface area contributed by atoms with Gasteiger partial charge in [-0.15, -0.1) is 0 Å². The van der Waals surface area contributed by atoms with Crippen LogP contribution >= 0.6 is 0 Å². The number of aliphatic hydroxyl groups is 1. The average molecular weight is 475 g/mol. The van der Waals surface area contributed by atoms with Crippen LogP contribution in [-0.4, -0.2) is 135 Å². The maximum atomic E-state index is 11.0. The smallest absolute Gasteiger partial charge is 0.133 e. The molecule has 1 atom stereocenters. The molecule has 0 aromatic heterocycles. The number of hydrogen-bond donors (Lipinski definition) is 1. The Bertz CT molecular complexity index is 429. The van der Waals surface area contributed by atoms with Crippen molar-refractivity contribution in [3.63, 3.8) is 0 Å². The highest BCUT2D eigenvalue weighted by molar-refractivity contribution is 5.52. The second kappa shape index (κ2) is 28.5. The van der Waals surface area contributed by atoms with E-state index in [-0.39, 0.29) is 6.04 Å². The SMILES string of the molecule is CC.CC.CC(CCC=O)N1CCN(CC=O)CCN(CC=O)CCN(CC=O)CC1.CO. The van der Waals surface area contributed by atoms with Crippen molar-refractivity contribution >= 4 is 25.1 Å². The molecule has 0 spiro atoms. The lowest BCUT2D eigenvalue weighted by Crippen LogP contribution is -2.48. The molecule has 0 aromatic carbocycles. The summed E-state index contributed by atoms with van der Waals surface area (Å²) in [5.41, 5.74) is 0. The van der Waals surface area contributed by atoms with Crippen molar-refractivity contribution in [1.29, 1.82) is 0 Å². The van der Waals surface area contributed by atoms with Crippen molar-refractivity contribution in [3.05, 3.63) is 0 Å². The van der Waals surface area contributed by atoms with Gasteiger partial charge in [-0.2, -0.15) is 0 Å². The molecule has 0 saturated carbocycles. The average Bonchev–Trinajstić information content (AvgIpc) is 2.86. The molecule has 0 radical (unpaired) electrons. The van der Waals surface area contributed by atoms with Gasteiger partial charge in [0, 0.05) is 71.9 Å². The quantitative estimate of drug-likeness (QED) is 0.461. The number of aliphatic hydroxyl groups excluding tert-OH is 1. The van der Waals surface area contributed by atoms with Gasteiger partial charge in [-0.1, -0.05) is 27.7 Å². The van der Waals surface area contributed by atoms with E-state index in [0.717, 1.165) is 77.9 Å². The fourth-order valence-electron chi connectivity index (χ4n) is 3.35. The lowest BCUT2D eigenvalue weighted by molar-refractivity contribution is -0.110. The maximum absolute atomic E-state index is 11.0. The zero-order chi connectivity index (χ0) is 25.9. The van der Waals surface area contributed by atoms with Crippen molar-refractivity contribution in [2.24, 2.45) is 0 Å². The molecule has 1 N–H and O–H groups in total. The summed E-state index contributed by atoms with van der Waals surface area (Å²) in [6, 6.07) is 0.265. The highest BCUT2D eigenvalue weighted by atomic mass is 16.2. The van der Waals surface area contributed by atoms with E-state index in [4.69, 9.17) is 5.11 Å². The summed E-state index contributed by atoms with van der Waals surface area (Å²) in [6.45, 7) is 17.2. The van der Waals surface area contributed by atoms with Crippen LogP contribution in [0.4, 0.5) is 0 Å². The molecule has 1 aliphatic heterocycles. The zero-order valence-corrected chi connectivity index (χ0v) is 21.9. The van der Waals surface area contributed by atoms with Gasteiger partial charge < -0.3 is 24.3 Å². The van der Waals surface area contributed by atoms with Gasteiger partial charge in [-0.25, -0.2) is 0 Å². The normalized spacial score (nSPS) is 17.7. The Morgan fingerprint density at radius 3 is 1.18 bits per heavy atom. The molecule has 33 heavy (non-hydrogen) atoms. The van der Waals surface area contributed by atoms with Crippen molar-refractivity contribution in [2.75, 3.05) is 79.1 Å². The fourth-order valence-corrected chi connectivity index (χ4v) is 3.35. The van der Waals surface area contributed by atoms with Gasteiger partial charge in [0.25, 0.3) is 0 Å². The molecule has 1 unspecified atom stereocenters. The van der Waals surface area contributed by atoms with E-state index in [2.05, 4.69) is 26.5 Å². The van der Waals surface area contributed by atoms with Gasteiger partial charge in [0.05, 0.1) is 19.6 Å². The molecule has 9 nitrogen and oxygen atoms in total. The monoisotopic (exact) mass is 474 g/mol. The molecule has 196 valence electrons. The van der Waals surface area contributed by atoms with E-state index in [9.17, 15) is 19.2 Å². The number of hydrogen-bond acceptors (Lipinski definition) is 9. The van der Waals surface area contributed by atoms with Crippen molar-refractivity contribution < 1.29 is 24.3 Å². The zero-order valence-electron chi connectivity index (χ0n) is 21.9. The van der Waals surface area contributed by atoms with Crippen LogP contribution in [0.25, 0.3) is 0 Å². The molecule has 1 fully saturated rings. The third-order valence-electron chi connectivity index (χ3n) is 5.20. The standard InChI is InChI=1S/C19H34N4O4.2C2H6.CH4O/c1-19(3-2-15-24)23-10-8-21(13-17-26)6-4-20(12-16-25)5-7-22(9-11-23)14-18-27;3*1-2/h15-19H,2-14H2,1H3;2*1-2H3;2H,1H3. The first kappa shape index (κ1) is 36.1. The molecular weight excluding hydrogens is 424 g/mol. The van der Waals surface area contributed by atoms with E-state index in [1.807, 2.05) is 27.7 Å². The van der Waals surface area contributed by atoms with Crippen LogP contribution < -0.4 is 0 Å². The Morgan fingerprint density at radius 2 is 0.909 bits per heavy atom. The van der Waals surface area contributed by atoms with Gasteiger partial charge >= 0.3 is 0 Å². The van der Waals surface area contributed by atoms with Crippen LogP contribution in [0.5, 0.6) is 0 Å².